The average Bonchev–Trinajstić information content (AvgIpc) is 2.88. The van der Waals surface area contributed by atoms with E-state index in [-0.39, 0.29) is 17.6 Å². The molecule has 0 bridgehead atoms. The highest BCUT2D eigenvalue weighted by atomic mass is 32.2. The SMILES string of the molecule is COSc1ccc(OCCCN2CCC(C(O)(c3ccc(F)cc3)c3ccc(F)cc3)CC2)cc1. The van der Waals surface area contributed by atoms with Crippen LogP contribution in [0.4, 0.5) is 8.78 Å². The van der Waals surface area contributed by atoms with E-state index < -0.39 is 5.60 Å². The molecular formula is C28H31F2NO3S. The van der Waals surface area contributed by atoms with E-state index in [4.69, 9.17) is 8.92 Å². The number of rotatable bonds is 10. The van der Waals surface area contributed by atoms with E-state index in [1.807, 2.05) is 24.3 Å². The number of benzene rings is 3. The van der Waals surface area contributed by atoms with Gasteiger partial charge in [-0.05, 0) is 97.9 Å². The van der Waals surface area contributed by atoms with Crippen molar-refractivity contribution in [1.29, 1.82) is 0 Å². The summed E-state index contributed by atoms with van der Waals surface area (Å²) in [5.74, 6) is 0.0799. The lowest BCUT2D eigenvalue weighted by atomic mass is 9.72. The average molecular weight is 500 g/mol. The zero-order chi connectivity index (χ0) is 24.7. The van der Waals surface area contributed by atoms with E-state index in [1.165, 1.54) is 36.3 Å². The molecule has 1 N–H and O–H groups in total. The molecule has 186 valence electrons. The van der Waals surface area contributed by atoms with E-state index in [2.05, 4.69) is 4.90 Å². The van der Waals surface area contributed by atoms with Crippen molar-refractivity contribution in [1.82, 2.24) is 4.90 Å². The number of likely N-dealkylation sites (tertiary alicyclic amines) is 1. The summed E-state index contributed by atoms with van der Waals surface area (Å²) in [7, 11) is 1.64. The molecule has 1 aliphatic heterocycles. The summed E-state index contributed by atoms with van der Waals surface area (Å²) in [6, 6.07) is 19.8. The molecule has 1 heterocycles. The Morgan fingerprint density at radius 3 is 1.94 bits per heavy atom. The quantitative estimate of drug-likeness (QED) is 0.272. The van der Waals surface area contributed by atoms with Gasteiger partial charge in [0.2, 0.25) is 0 Å². The molecule has 1 saturated heterocycles. The van der Waals surface area contributed by atoms with E-state index in [0.717, 1.165) is 49.5 Å². The minimum atomic E-state index is -1.30. The number of halogens is 2. The fourth-order valence-corrected chi connectivity index (χ4v) is 5.23. The Morgan fingerprint density at radius 2 is 1.43 bits per heavy atom. The predicted molar refractivity (Wildman–Crippen MR) is 134 cm³/mol. The number of ether oxygens (including phenoxy) is 1. The molecule has 4 nitrogen and oxygen atoms in total. The first-order valence-electron chi connectivity index (χ1n) is 11.9. The van der Waals surface area contributed by atoms with Gasteiger partial charge in [0.15, 0.2) is 0 Å². The first kappa shape index (κ1) is 25.6. The Balaban J connectivity index is 1.33. The summed E-state index contributed by atoms with van der Waals surface area (Å²) < 4.78 is 38.1. The van der Waals surface area contributed by atoms with Crippen molar-refractivity contribution in [2.24, 2.45) is 5.92 Å². The lowest BCUT2D eigenvalue weighted by Crippen LogP contribution is -2.44. The Bertz CT molecular complexity index is 1010. The summed E-state index contributed by atoms with van der Waals surface area (Å²) in [5.41, 5.74) is -0.0382. The van der Waals surface area contributed by atoms with Crippen LogP contribution in [0.2, 0.25) is 0 Å². The smallest absolute Gasteiger partial charge is 0.123 e. The molecule has 0 amide bonds. The normalized spacial score (nSPS) is 15.3. The maximum atomic E-state index is 13.6. The molecule has 3 aromatic carbocycles. The van der Waals surface area contributed by atoms with Gasteiger partial charge in [-0.2, -0.15) is 0 Å². The van der Waals surface area contributed by atoms with Gasteiger partial charge >= 0.3 is 0 Å². The third-order valence-electron chi connectivity index (χ3n) is 6.64. The molecule has 0 radical (unpaired) electrons. The van der Waals surface area contributed by atoms with Crippen molar-refractivity contribution in [3.8, 4) is 5.75 Å². The van der Waals surface area contributed by atoms with Gasteiger partial charge in [0, 0.05) is 23.5 Å². The number of aliphatic hydroxyl groups is 1. The highest BCUT2D eigenvalue weighted by Crippen LogP contribution is 2.42. The third-order valence-corrected chi connectivity index (χ3v) is 7.27. The molecule has 1 fully saturated rings. The van der Waals surface area contributed by atoms with Crippen LogP contribution in [0.3, 0.4) is 0 Å². The minimum absolute atomic E-state index is 0.0607. The lowest BCUT2D eigenvalue weighted by molar-refractivity contribution is -0.0147. The third kappa shape index (κ3) is 6.41. The number of nitrogens with zero attached hydrogens (tertiary/aromatic N) is 1. The topological polar surface area (TPSA) is 41.9 Å². The summed E-state index contributed by atoms with van der Waals surface area (Å²) in [6.45, 7) is 3.23. The molecule has 0 unspecified atom stereocenters. The van der Waals surface area contributed by atoms with Crippen LogP contribution in [-0.2, 0) is 9.78 Å². The van der Waals surface area contributed by atoms with Crippen molar-refractivity contribution in [2.75, 3.05) is 33.4 Å². The standard InChI is InChI=1S/C28H31F2NO3S/c1-33-35-27-13-11-26(12-14-27)34-20-2-17-31-18-15-23(16-19-31)28(32,21-3-7-24(29)8-4-21)22-5-9-25(30)10-6-22/h3-14,23,32H,2,15-20H2,1H3. The molecule has 0 saturated carbocycles. The second-order valence-electron chi connectivity index (χ2n) is 8.82. The molecular weight excluding hydrogens is 468 g/mol. The molecule has 3 aromatic rings. The largest absolute Gasteiger partial charge is 0.494 e. The van der Waals surface area contributed by atoms with Gasteiger partial charge in [0.25, 0.3) is 0 Å². The van der Waals surface area contributed by atoms with E-state index in [1.54, 1.807) is 31.4 Å². The van der Waals surface area contributed by atoms with Crippen LogP contribution in [0.25, 0.3) is 0 Å². The van der Waals surface area contributed by atoms with Crippen LogP contribution < -0.4 is 4.74 Å². The zero-order valence-electron chi connectivity index (χ0n) is 19.8. The Morgan fingerprint density at radius 1 is 0.886 bits per heavy atom. The predicted octanol–water partition coefficient (Wildman–Crippen LogP) is 6.04. The van der Waals surface area contributed by atoms with E-state index >= 15 is 0 Å². The number of hydrogen-bond donors (Lipinski definition) is 1. The Labute approximate surface area is 210 Å². The van der Waals surface area contributed by atoms with Gasteiger partial charge < -0.3 is 18.9 Å². The minimum Gasteiger partial charge on any atom is -0.494 e. The zero-order valence-corrected chi connectivity index (χ0v) is 20.6. The van der Waals surface area contributed by atoms with E-state index in [0.29, 0.717) is 17.7 Å². The van der Waals surface area contributed by atoms with Gasteiger partial charge in [-0.3, -0.25) is 0 Å². The summed E-state index contributed by atoms with van der Waals surface area (Å²) in [5, 5.41) is 11.9. The van der Waals surface area contributed by atoms with Gasteiger partial charge in [0.05, 0.1) is 13.7 Å². The second-order valence-corrected chi connectivity index (χ2v) is 9.79. The monoisotopic (exact) mass is 499 g/mol. The fraction of sp³-hybridized carbons (Fsp3) is 0.357. The maximum Gasteiger partial charge on any atom is 0.123 e. The molecule has 0 atom stereocenters. The lowest BCUT2D eigenvalue weighted by Gasteiger charge is -2.42. The van der Waals surface area contributed by atoms with Crippen molar-refractivity contribution < 1.29 is 22.8 Å². The molecule has 0 aliphatic carbocycles. The number of piperidine rings is 1. The van der Waals surface area contributed by atoms with Crippen molar-refractivity contribution in [3.05, 3.63) is 95.6 Å². The molecule has 0 spiro atoms. The maximum absolute atomic E-state index is 13.6. The van der Waals surface area contributed by atoms with Gasteiger partial charge in [-0.15, -0.1) is 0 Å². The van der Waals surface area contributed by atoms with Crippen LogP contribution in [0, 0.1) is 17.6 Å². The van der Waals surface area contributed by atoms with Crippen molar-refractivity contribution in [2.45, 2.75) is 29.8 Å². The molecule has 4 rings (SSSR count). The van der Waals surface area contributed by atoms with Crippen molar-refractivity contribution in [3.63, 3.8) is 0 Å². The molecule has 1 aliphatic rings. The summed E-state index contributed by atoms with van der Waals surface area (Å²) >= 11 is 1.32. The first-order chi connectivity index (χ1) is 17.0. The van der Waals surface area contributed by atoms with Crippen LogP contribution in [0.15, 0.2) is 77.7 Å². The number of hydrogen-bond acceptors (Lipinski definition) is 5. The Kier molecular flexibility index (Phi) is 8.78. The van der Waals surface area contributed by atoms with Crippen LogP contribution >= 0.6 is 12.0 Å². The van der Waals surface area contributed by atoms with Crippen LogP contribution in [-0.4, -0.2) is 43.4 Å². The second kappa shape index (κ2) is 12.0. The molecule has 35 heavy (non-hydrogen) atoms. The summed E-state index contributed by atoms with van der Waals surface area (Å²) in [6.07, 6.45) is 2.47. The van der Waals surface area contributed by atoms with E-state index in [9.17, 15) is 13.9 Å². The van der Waals surface area contributed by atoms with Gasteiger partial charge in [-0.25, -0.2) is 8.78 Å². The van der Waals surface area contributed by atoms with Crippen LogP contribution in [0.1, 0.15) is 30.4 Å². The Hall–Kier alpha value is -2.45. The first-order valence-corrected chi connectivity index (χ1v) is 12.6. The van der Waals surface area contributed by atoms with Crippen LogP contribution in [0.5, 0.6) is 5.75 Å². The fourth-order valence-electron chi connectivity index (χ4n) is 4.79. The summed E-state index contributed by atoms with van der Waals surface area (Å²) in [4.78, 5) is 3.41. The highest BCUT2D eigenvalue weighted by Gasteiger charge is 2.41. The van der Waals surface area contributed by atoms with Crippen molar-refractivity contribution >= 4 is 12.0 Å². The van der Waals surface area contributed by atoms with Gasteiger partial charge in [0.1, 0.15) is 23.0 Å². The van der Waals surface area contributed by atoms with Gasteiger partial charge in [-0.1, -0.05) is 24.3 Å². The molecule has 0 aromatic heterocycles. The molecule has 7 heteroatoms. The highest BCUT2D eigenvalue weighted by molar-refractivity contribution is 7.94.